The van der Waals surface area contributed by atoms with Gasteiger partial charge in [0.2, 0.25) is 10.0 Å². The minimum absolute atomic E-state index is 0.00272. The molecule has 1 aliphatic rings. The lowest BCUT2D eigenvalue weighted by Crippen LogP contribution is -2.48. The predicted octanol–water partition coefficient (Wildman–Crippen LogP) is 3.25. The second kappa shape index (κ2) is 8.79. The molecule has 162 valence electrons. The Morgan fingerprint density at radius 3 is 2.43 bits per heavy atom. The number of morpholine rings is 1. The minimum atomic E-state index is -3.80. The Labute approximate surface area is 174 Å². The molecule has 9 heteroatoms. The number of carbonyl (C=O) groups excluding carboxylic acids is 1. The number of carbonyl (C=O) groups is 1. The monoisotopic (exact) mass is 438 g/mol. The van der Waals surface area contributed by atoms with Gasteiger partial charge in [-0.25, -0.2) is 17.2 Å². The van der Waals surface area contributed by atoms with Crippen LogP contribution in [-0.4, -0.2) is 43.9 Å². The minimum Gasteiger partial charge on any atom is -0.373 e. The van der Waals surface area contributed by atoms with Crippen LogP contribution in [0, 0.1) is 11.6 Å². The highest BCUT2D eigenvalue weighted by Crippen LogP contribution is 2.23. The first-order valence-corrected chi connectivity index (χ1v) is 11.0. The third-order valence-corrected chi connectivity index (χ3v) is 6.72. The molecule has 1 N–H and O–H groups in total. The van der Waals surface area contributed by atoms with Gasteiger partial charge in [0, 0.05) is 30.3 Å². The van der Waals surface area contributed by atoms with Crippen LogP contribution < -0.4 is 5.32 Å². The maximum Gasteiger partial charge on any atom is 0.251 e. The third-order valence-electron chi connectivity index (χ3n) is 4.90. The van der Waals surface area contributed by atoms with Crippen LogP contribution in [-0.2, 0) is 14.8 Å². The molecule has 1 fully saturated rings. The number of ether oxygens (including phenoxy) is 1. The van der Waals surface area contributed by atoms with Gasteiger partial charge in [-0.05, 0) is 45.0 Å². The summed E-state index contributed by atoms with van der Waals surface area (Å²) in [6.45, 7) is 5.62. The highest BCUT2D eigenvalue weighted by Gasteiger charge is 2.32. The van der Waals surface area contributed by atoms with Crippen LogP contribution in [0.5, 0.6) is 0 Å². The molecule has 30 heavy (non-hydrogen) atoms. The van der Waals surface area contributed by atoms with Crippen LogP contribution in [0.1, 0.15) is 42.7 Å². The molecule has 3 unspecified atom stereocenters. The fourth-order valence-electron chi connectivity index (χ4n) is 3.48. The second-order valence-corrected chi connectivity index (χ2v) is 9.41. The number of amides is 1. The summed E-state index contributed by atoms with van der Waals surface area (Å²) in [4.78, 5) is 12.6. The van der Waals surface area contributed by atoms with Crippen LogP contribution in [0.4, 0.5) is 8.78 Å². The molecule has 0 spiro atoms. The first-order chi connectivity index (χ1) is 14.1. The quantitative estimate of drug-likeness (QED) is 0.778. The van der Waals surface area contributed by atoms with E-state index < -0.39 is 33.6 Å². The van der Waals surface area contributed by atoms with E-state index in [1.165, 1.54) is 34.6 Å². The van der Waals surface area contributed by atoms with E-state index in [1.807, 2.05) is 0 Å². The lowest BCUT2D eigenvalue weighted by Gasteiger charge is -2.34. The zero-order valence-corrected chi connectivity index (χ0v) is 17.7. The van der Waals surface area contributed by atoms with Crippen molar-refractivity contribution in [1.82, 2.24) is 9.62 Å². The first-order valence-electron chi connectivity index (χ1n) is 9.59. The van der Waals surface area contributed by atoms with Crippen molar-refractivity contribution in [3.63, 3.8) is 0 Å². The van der Waals surface area contributed by atoms with Gasteiger partial charge < -0.3 is 10.1 Å². The van der Waals surface area contributed by atoms with Crippen LogP contribution in [0.25, 0.3) is 0 Å². The van der Waals surface area contributed by atoms with Crippen LogP contribution in [0.3, 0.4) is 0 Å². The van der Waals surface area contributed by atoms with E-state index in [9.17, 15) is 22.0 Å². The maximum atomic E-state index is 14.0. The molecule has 1 saturated heterocycles. The molecule has 0 aromatic heterocycles. The van der Waals surface area contributed by atoms with E-state index in [0.717, 1.165) is 12.1 Å². The second-order valence-electron chi connectivity index (χ2n) is 7.47. The molecule has 3 atom stereocenters. The third kappa shape index (κ3) is 4.85. The smallest absolute Gasteiger partial charge is 0.251 e. The van der Waals surface area contributed by atoms with Crippen molar-refractivity contribution in [1.29, 1.82) is 0 Å². The summed E-state index contributed by atoms with van der Waals surface area (Å²) in [7, 11) is -3.80. The van der Waals surface area contributed by atoms with Crippen molar-refractivity contribution in [2.45, 2.75) is 43.9 Å². The van der Waals surface area contributed by atoms with Crippen LogP contribution >= 0.6 is 0 Å². The lowest BCUT2D eigenvalue weighted by molar-refractivity contribution is -0.0440. The van der Waals surface area contributed by atoms with Gasteiger partial charge in [-0.3, -0.25) is 4.79 Å². The Bertz CT molecular complexity index is 1040. The molecule has 1 aliphatic heterocycles. The molecule has 1 heterocycles. The van der Waals surface area contributed by atoms with Gasteiger partial charge in [0.1, 0.15) is 11.6 Å². The lowest BCUT2D eigenvalue weighted by atomic mass is 10.1. The van der Waals surface area contributed by atoms with E-state index in [-0.39, 0.29) is 41.3 Å². The number of nitrogens with zero attached hydrogens (tertiary/aromatic N) is 1. The van der Waals surface area contributed by atoms with Gasteiger partial charge in [0.25, 0.3) is 5.91 Å². The number of halogens is 2. The summed E-state index contributed by atoms with van der Waals surface area (Å²) in [6.07, 6.45) is -0.470. The molecular weight excluding hydrogens is 414 g/mol. The highest BCUT2D eigenvalue weighted by atomic mass is 32.2. The molecule has 0 saturated carbocycles. The number of rotatable bonds is 5. The standard InChI is InChI=1S/C21H24F2N2O4S/c1-13-11-25(12-14(2)29-13)30(27,28)18-6-4-5-16(9-18)21(26)24-15(3)19-8-7-17(22)10-20(19)23/h4-10,13-15H,11-12H2,1-3H3,(H,24,26). The maximum absolute atomic E-state index is 14.0. The van der Waals surface area contributed by atoms with E-state index in [1.54, 1.807) is 20.8 Å². The fraction of sp³-hybridized carbons (Fsp3) is 0.381. The van der Waals surface area contributed by atoms with Gasteiger partial charge in [0.15, 0.2) is 0 Å². The molecule has 6 nitrogen and oxygen atoms in total. The number of nitrogens with one attached hydrogen (secondary N) is 1. The Kier molecular flexibility index (Phi) is 6.54. The molecule has 1 amide bonds. The molecule has 2 aromatic rings. The summed E-state index contributed by atoms with van der Waals surface area (Å²) >= 11 is 0. The molecule has 3 rings (SSSR count). The number of hydrogen-bond donors (Lipinski definition) is 1. The van der Waals surface area contributed by atoms with Crippen molar-refractivity contribution in [2.75, 3.05) is 13.1 Å². The van der Waals surface area contributed by atoms with E-state index >= 15 is 0 Å². The summed E-state index contributed by atoms with van der Waals surface area (Å²) in [5.74, 6) is -2.04. The fourth-order valence-corrected chi connectivity index (χ4v) is 5.12. The Hall–Kier alpha value is -2.36. The summed E-state index contributed by atoms with van der Waals surface area (Å²) in [6, 6.07) is 8.07. The predicted molar refractivity (Wildman–Crippen MR) is 107 cm³/mol. The molecular formula is C21H24F2N2O4S. The normalized spacial score (nSPS) is 21.2. The zero-order valence-electron chi connectivity index (χ0n) is 16.9. The molecule has 2 aromatic carbocycles. The van der Waals surface area contributed by atoms with Crippen LogP contribution in [0.2, 0.25) is 0 Å². The van der Waals surface area contributed by atoms with Crippen LogP contribution in [0.15, 0.2) is 47.4 Å². The van der Waals surface area contributed by atoms with E-state index in [4.69, 9.17) is 4.74 Å². The number of benzene rings is 2. The van der Waals surface area contributed by atoms with Gasteiger partial charge in [0.05, 0.1) is 23.1 Å². The number of sulfonamides is 1. The van der Waals surface area contributed by atoms with Crippen molar-refractivity contribution in [2.24, 2.45) is 0 Å². The van der Waals surface area contributed by atoms with Crippen molar-refractivity contribution < 1.29 is 26.7 Å². The van der Waals surface area contributed by atoms with E-state index in [0.29, 0.717) is 0 Å². The highest BCUT2D eigenvalue weighted by molar-refractivity contribution is 7.89. The molecule has 0 aliphatic carbocycles. The Morgan fingerprint density at radius 1 is 1.13 bits per heavy atom. The molecule has 0 bridgehead atoms. The Morgan fingerprint density at radius 2 is 1.80 bits per heavy atom. The van der Waals surface area contributed by atoms with Gasteiger partial charge in [-0.15, -0.1) is 0 Å². The zero-order chi connectivity index (χ0) is 22.1. The van der Waals surface area contributed by atoms with Crippen molar-refractivity contribution in [3.05, 3.63) is 65.2 Å². The van der Waals surface area contributed by atoms with Gasteiger partial charge >= 0.3 is 0 Å². The van der Waals surface area contributed by atoms with Gasteiger partial charge in [-0.2, -0.15) is 4.31 Å². The first kappa shape index (κ1) is 22.3. The van der Waals surface area contributed by atoms with Crippen molar-refractivity contribution in [3.8, 4) is 0 Å². The summed E-state index contributed by atoms with van der Waals surface area (Å²) in [5, 5.41) is 2.62. The summed E-state index contributed by atoms with van der Waals surface area (Å²) in [5.41, 5.74) is 0.254. The summed E-state index contributed by atoms with van der Waals surface area (Å²) < 4.78 is 60.0. The largest absolute Gasteiger partial charge is 0.373 e. The average molecular weight is 438 g/mol. The van der Waals surface area contributed by atoms with E-state index in [2.05, 4.69) is 5.32 Å². The average Bonchev–Trinajstić information content (AvgIpc) is 2.67. The Balaban J connectivity index is 1.79. The van der Waals surface area contributed by atoms with Gasteiger partial charge in [-0.1, -0.05) is 12.1 Å². The SMILES string of the molecule is CC1CN(S(=O)(=O)c2cccc(C(=O)NC(C)c3ccc(F)cc3F)c2)CC(C)O1. The topological polar surface area (TPSA) is 75.7 Å². The number of hydrogen-bond acceptors (Lipinski definition) is 4. The van der Waals surface area contributed by atoms with Crippen molar-refractivity contribution >= 4 is 15.9 Å². The molecule has 0 radical (unpaired) electrons.